The fraction of sp³-hybridized carbons (Fsp3) is 0.524. The third-order valence-electron chi connectivity index (χ3n) is 5.67. The summed E-state index contributed by atoms with van der Waals surface area (Å²) in [5.41, 5.74) is 4.31. The third kappa shape index (κ3) is 3.58. The molecule has 0 spiro atoms. The molecule has 144 valence electrons. The van der Waals surface area contributed by atoms with Gasteiger partial charge in [-0.2, -0.15) is 5.10 Å². The Morgan fingerprint density at radius 2 is 1.89 bits per heavy atom. The first kappa shape index (κ1) is 18.0. The van der Waals surface area contributed by atoms with Gasteiger partial charge < -0.3 is 9.64 Å². The first-order valence-electron chi connectivity index (χ1n) is 9.92. The van der Waals surface area contributed by atoms with Crippen molar-refractivity contribution in [3.8, 4) is 5.75 Å². The molecule has 2 aromatic rings. The van der Waals surface area contributed by atoms with Crippen LogP contribution in [0.3, 0.4) is 0 Å². The van der Waals surface area contributed by atoms with Crippen molar-refractivity contribution in [1.29, 1.82) is 0 Å². The average Bonchev–Trinajstić information content (AvgIpc) is 3.36. The van der Waals surface area contributed by atoms with Gasteiger partial charge in [-0.3, -0.25) is 14.4 Å². The Labute approximate surface area is 160 Å². The molecule has 2 aliphatic heterocycles. The van der Waals surface area contributed by atoms with Crippen LogP contribution in [0.1, 0.15) is 47.1 Å². The number of hydrogen-bond acceptors (Lipinski definition) is 4. The van der Waals surface area contributed by atoms with E-state index in [1.54, 1.807) is 7.11 Å². The molecule has 0 saturated carbocycles. The number of amides is 1. The summed E-state index contributed by atoms with van der Waals surface area (Å²) in [7, 11) is 1.69. The summed E-state index contributed by atoms with van der Waals surface area (Å²) in [5.74, 6) is 0.990. The lowest BCUT2D eigenvalue weighted by atomic mass is 10.0. The Kier molecular flexibility index (Phi) is 5.16. The van der Waals surface area contributed by atoms with Crippen molar-refractivity contribution in [3.63, 3.8) is 0 Å². The number of aromatic nitrogens is 2. The van der Waals surface area contributed by atoms with Crippen LogP contribution < -0.4 is 4.74 Å². The van der Waals surface area contributed by atoms with E-state index in [1.807, 2.05) is 21.7 Å². The van der Waals surface area contributed by atoms with Crippen molar-refractivity contribution >= 4 is 5.91 Å². The summed E-state index contributed by atoms with van der Waals surface area (Å²) in [6, 6.07) is 8.23. The molecule has 1 fully saturated rings. The zero-order chi connectivity index (χ0) is 18.8. The Morgan fingerprint density at radius 3 is 2.56 bits per heavy atom. The van der Waals surface area contributed by atoms with E-state index < -0.39 is 0 Å². The highest BCUT2D eigenvalue weighted by molar-refractivity contribution is 5.94. The molecule has 0 aliphatic carbocycles. The molecule has 1 aromatic heterocycles. The first-order chi connectivity index (χ1) is 13.2. The molecule has 3 heterocycles. The lowest BCUT2D eigenvalue weighted by Crippen LogP contribution is -2.33. The molecular formula is C21H28N4O2. The van der Waals surface area contributed by atoms with Crippen molar-refractivity contribution < 1.29 is 9.53 Å². The second-order valence-corrected chi connectivity index (χ2v) is 7.40. The van der Waals surface area contributed by atoms with Crippen LogP contribution in [-0.2, 0) is 26.1 Å². The van der Waals surface area contributed by atoms with E-state index >= 15 is 0 Å². The maximum Gasteiger partial charge on any atom is 0.274 e. The van der Waals surface area contributed by atoms with Gasteiger partial charge in [0.15, 0.2) is 5.69 Å². The third-order valence-corrected chi connectivity index (χ3v) is 5.67. The van der Waals surface area contributed by atoms with Gasteiger partial charge in [0.25, 0.3) is 5.91 Å². The number of hydrogen-bond donors (Lipinski definition) is 0. The molecule has 0 unspecified atom stereocenters. The second kappa shape index (κ2) is 7.72. The van der Waals surface area contributed by atoms with Crippen molar-refractivity contribution in [2.45, 2.75) is 45.8 Å². The summed E-state index contributed by atoms with van der Waals surface area (Å²) >= 11 is 0. The van der Waals surface area contributed by atoms with E-state index in [4.69, 9.17) is 9.84 Å². The second-order valence-electron chi connectivity index (χ2n) is 7.40. The Balaban J connectivity index is 1.54. The SMILES string of the molecule is CCn1nc(C(=O)N2CCCC2)c2c1CCN(Cc1ccc(OC)cc1)C2. The highest BCUT2D eigenvalue weighted by atomic mass is 16.5. The lowest BCUT2D eigenvalue weighted by molar-refractivity contribution is 0.0783. The lowest BCUT2D eigenvalue weighted by Gasteiger charge is -2.28. The number of rotatable bonds is 5. The molecule has 1 amide bonds. The fourth-order valence-electron chi connectivity index (χ4n) is 4.17. The van der Waals surface area contributed by atoms with Gasteiger partial charge in [0, 0.05) is 56.9 Å². The van der Waals surface area contributed by atoms with Crippen LogP contribution >= 0.6 is 0 Å². The molecule has 0 atom stereocenters. The van der Waals surface area contributed by atoms with Crippen molar-refractivity contribution in [2.24, 2.45) is 0 Å². The van der Waals surface area contributed by atoms with Gasteiger partial charge in [-0.05, 0) is 37.5 Å². The molecule has 0 radical (unpaired) electrons. The van der Waals surface area contributed by atoms with Crippen LogP contribution in [0.25, 0.3) is 0 Å². The van der Waals surface area contributed by atoms with Gasteiger partial charge in [0.1, 0.15) is 5.75 Å². The molecule has 4 rings (SSSR count). The smallest absolute Gasteiger partial charge is 0.274 e. The number of fused-ring (bicyclic) bond motifs is 1. The summed E-state index contributed by atoms with van der Waals surface area (Å²) < 4.78 is 7.28. The maximum atomic E-state index is 13.0. The molecule has 1 saturated heterocycles. The average molecular weight is 368 g/mol. The first-order valence-corrected chi connectivity index (χ1v) is 9.92. The van der Waals surface area contributed by atoms with Crippen LogP contribution in [0.15, 0.2) is 24.3 Å². The molecule has 0 N–H and O–H groups in total. The molecule has 0 bridgehead atoms. The van der Waals surface area contributed by atoms with Gasteiger partial charge >= 0.3 is 0 Å². The van der Waals surface area contributed by atoms with Crippen molar-refractivity contribution in [3.05, 3.63) is 46.8 Å². The van der Waals surface area contributed by atoms with Gasteiger partial charge in [0.05, 0.1) is 7.11 Å². The Hall–Kier alpha value is -2.34. The minimum absolute atomic E-state index is 0.113. The van der Waals surface area contributed by atoms with Gasteiger partial charge in [-0.25, -0.2) is 0 Å². The van der Waals surface area contributed by atoms with Crippen LogP contribution in [-0.4, -0.2) is 52.2 Å². The Morgan fingerprint density at radius 1 is 1.15 bits per heavy atom. The van der Waals surface area contributed by atoms with E-state index in [2.05, 4.69) is 24.0 Å². The van der Waals surface area contributed by atoms with Gasteiger partial charge in [-0.15, -0.1) is 0 Å². The molecule has 6 nitrogen and oxygen atoms in total. The minimum atomic E-state index is 0.113. The predicted octanol–water partition coefficient (Wildman–Crippen LogP) is 2.71. The number of aryl methyl sites for hydroxylation is 1. The number of ether oxygens (including phenoxy) is 1. The van der Waals surface area contributed by atoms with Crippen molar-refractivity contribution in [1.82, 2.24) is 19.6 Å². The summed E-state index contributed by atoms with van der Waals surface area (Å²) in [6.07, 6.45) is 3.15. The standard InChI is InChI=1S/C21H28N4O2/c1-3-25-19-10-13-23(14-16-6-8-17(27-2)9-7-16)15-18(19)20(22-25)21(26)24-11-4-5-12-24/h6-9H,3-5,10-15H2,1-2H3. The molecule has 2 aliphatic rings. The monoisotopic (exact) mass is 368 g/mol. The molecule has 1 aromatic carbocycles. The van der Waals surface area contributed by atoms with Crippen LogP contribution in [0.4, 0.5) is 0 Å². The number of nitrogens with zero attached hydrogens (tertiary/aromatic N) is 4. The number of likely N-dealkylation sites (tertiary alicyclic amines) is 1. The van der Waals surface area contributed by atoms with Crippen LogP contribution in [0.5, 0.6) is 5.75 Å². The van der Waals surface area contributed by atoms with E-state index in [9.17, 15) is 4.79 Å². The number of methoxy groups -OCH3 is 1. The van der Waals surface area contributed by atoms with Crippen molar-refractivity contribution in [2.75, 3.05) is 26.7 Å². The molecule has 27 heavy (non-hydrogen) atoms. The summed E-state index contributed by atoms with van der Waals surface area (Å²) in [4.78, 5) is 17.4. The maximum absolute atomic E-state index is 13.0. The largest absolute Gasteiger partial charge is 0.497 e. The summed E-state index contributed by atoms with van der Waals surface area (Å²) in [6.45, 7) is 7.29. The topological polar surface area (TPSA) is 50.6 Å². The van der Waals surface area contributed by atoms with Crippen LogP contribution in [0.2, 0.25) is 0 Å². The minimum Gasteiger partial charge on any atom is -0.497 e. The van der Waals surface area contributed by atoms with E-state index in [-0.39, 0.29) is 5.91 Å². The van der Waals surface area contributed by atoms with E-state index in [1.165, 1.54) is 11.3 Å². The quantitative estimate of drug-likeness (QED) is 0.814. The molecule has 6 heteroatoms. The van der Waals surface area contributed by atoms with E-state index in [0.717, 1.165) is 69.8 Å². The number of carbonyl (C=O) groups is 1. The molecular weight excluding hydrogens is 340 g/mol. The highest BCUT2D eigenvalue weighted by Crippen LogP contribution is 2.26. The zero-order valence-electron chi connectivity index (χ0n) is 16.3. The predicted molar refractivity (Wildman–Crippen MR) is 104 cm³/mol. The highest BCUT2D eigenvalue weighted by Gasteiger charge is 2.30. The summed E-state index contributed by atoms with van der Waals surface area (Å²) in [5, 5.41) is 4.70. The van der Waals surface area contributed by atoms with Crippen LogP contribution in [0, 0.1) is 0 Å². The Bertz CT molecular complexity index is 806. The zero-order valence-corrected chi connectivity index (χ0v) is 16.3. The van der Waals surface area contributed by atoms with Gasteiger partial charge in [0.2, 0.25) is 0 Å². The number of benzene rings is 1. The number of carbonyl (C=O) groups excluding carboxylic acids is 1. The van der Waals surface area contributed by atoms with Gasteiger partial charge in [-0.1, -0.05) is 12.1 Å². The van der Waals surface area contributed by atoms with E-state index in [0.29, 0.717) is 5.69 Å². The normalized spacial score (nSPS) is 17.2. The fourth-order valence-corrected chi connectivity index (χ4v) is 4.17.